The van der Waals surface area contributed by atoms with Gasteiger partial charge in [-0.3, -0.25) is 4.79 Å². The summed E-state index contributed by atoms with van der Waals surface area (Å²) in [6.45, 7) is 3.71. The smallest absolute Gasteiger partial charge is 0.321 e. The fraction of sp³-hybridized carbons (Fsp3) is 0.889. The Bertz CT molecular complexity index is 312. The molecular weight excluding hydrogens is 234 g/mol. The van der Waals surface area contributed by atoms with E-state index in [-0.39, 0.29) is 24.7 Å². The second-order valence-corrected chi connectivity index (χ2v) is 5.82. The predicted octanol–water partition coefficient (Wildman–Crippen LogP) is 0.0515. The van der Waals surface area contributed by atoms with Crippen LogP contribution in [-0.2, 0) is 19.6 Å². The lowest BCUT2D eigenvalue weighted by Crippen LogP contribution is -2.43. The monoisotopic (exact) mass is 253 g/mol. The summed E-state index contributed by atoms with van der Waals surface area (Å²) in [6, 6.07) is -1.07. The molecule has 7 heteroatoms. The van der Waals surface area contributed by atoms with E-state index in [0.717, 1.165) is 0 Å². The number of carboxylic acids is 1. The zero-order valence-corrected chi connectivity index (χ0v) is 10.6. The molecule has 0 rings (SSSR count). The Morgan fingerprint density at radius 3 is 2.38 bits per heavy atom. The fourth-order valence-corrected chi connectivity index (χ4v) is 2.27. The molecule has 0 aromatic carbocycles. The Kier molecular flexibility index (Phi) is 6.54. The van der Waals surface area contributed by atoms with Crippen LogP contribution in [0.4, 0.5) is 0 Å². The van der Waals surface area contributed by atoms with Gasteiger partial charge in [-0.15, -0.1) is 0 Å². The van der Waals surface area contributed by atoms with Gasteiger partial charge in [0.1, 0.15) is 6.04 Å². The van der Waals surface area contributed by atoms with Gasteiger partial charge in [-0.25, -0.2) is 13.1 Å². The van der Waals surface area contributed by atoms with Crippen LogP contribution >= 0.6 is 0 Å². The van der Waals surface area contributed by atoms with Crippen LogP contribution in [0.15, 0.2) is 0 Å². The van der Waals surface area contributed by atoms with Crippen molar-refractivity contribution in [1.29, 1.82) is 0 Å². The van der Waals surface area contributed by atoms with E-state index < -0.39 is 22.0 Å². The molecule has 0 aliphatic carbocycles. The maximum atomic E-state index is 11.4. The van der Waals surface area contributed by atoms with Gasteiger partial charge in [0.15, 0.2) is 0 Å². The first-order valence-electron chi connectivity index (χ1n) is 5.00. The van der Waals surface area contributed by atoms with E-state index in [2.05, 4.69) is 9.46 Å². The Morgan fingerprint density at radius 2 is 2.00 bits per heavy atom. The van der Waals surface area contributed by atoms with Gasteiger partial charge in [-0.05, 0) is 12.3 Å². The minimum absolute atomic E-state index is 0.0450. The second kappa shape index (κ2) is 6.82. The van der Waals surface area contributed by atoms with E-state index in [4.69, 9.17) is 5.11 Å². The molecule has 0 unspecified atom stereocenters. The summed E-state index contributed by atoms with van der Waals surface area (Å²) in [5, 5.41) is 8.85. The Balaban J connectivity index is 4.44. The summed E-state index contributed by atoms with van der Waals surface area (Å²) in [5.41, 5.74) is 0. The van der Waals surface area contributed by atoms with E-state index >= 15 is 0 Å². The number of carboxylic acid groups (broad SMARTS) is 1. The van der Waals surface area contributed by atoms with Crippen molar-refractivity contribution in [2.75, 3.05) is 19.5 Å². The van der Waals surface area contributed by atoms with E-state index in [9.17, 15) is 13.2 Å². The van der Waals surface area contributed by atoms with E-state index in [1.54, 1.807) is 0 Å². The SMILES string of the molecule is COCCS(=O)(=O)N[C@@H](CC(C)C)C(=O)O. The molecule has 0 radical (unpaired) electrons. The second-order valence-electron chi connectivity index (χ2n) is 3.95. The molecule has 0 amide bonds. The number of ether oxygens (including phenoxy) is 1. The molecule has 0 aromatic rings. The zero-order chi connectivity index (χ0) is 12.8. The van der Waals surface area contributed by atoms with Crippen LogP contribution in [0.5, 0.6) is 0 Å². The molecule has 0 aliphatic heterocycles. The van der Waals surface area contributed by atoms with Crippen molar-refractivity contribution < 1.29 is 23.1 Å². The van der Waals surface area contributed by atoms with Crippen LogP contribution in [0.25, 0.3) is 0 Å². The van der Waals surface area contributed by atoms with Crippen LogP contribution in [0.2, 0.25) is 0 Å². The molecule has 0 aromatic heterocycles. The van der Waals surface area contributed by atoms with Gasteiger partial charge in [0, 0.05) is 7.11 Å². The first-order valence-corrected chi connectivity index (χ1v) is 6.65. The molecule has 0 spiro atoms. The van der Waals surface area contributed by atoms with Crippen LogP contribution < -0.4 is 4.72 Å². The Morgan fingerprint density at radius 1 is 1.44 bits per heavy atom. The molecular formula is C9H19NO5S. The highest BCUT2D eigenvalue weighted by Gasteiger charge is 2.24. The lowest BCUT2D eigenvalue weighted by Gasteiger charge is -2.16. The van der Waals surface area contributed by atoms with Gasteiger partial charge in [0.05, 0.1) is 12.4 Å². The number of rotatable bonds is 8. The number of methoxy groups -OCH3 is 1. The van der Waals surface area contributed by atoms with Crippen LogP contribution in [0.1, 0.15) is 20.3 Å². The third-order valence-electron chi connectivity index (χ3n) is 1.88. The summed E-state index contributed by atoms with van der Waals surface area (Å²) in [6.07, 6.45) is 0.265. The maximum absolute atomic E-state index is 11.4. The zero-order valence-electron chi connectivity index (χ0n) is 9.76. The normalized spacial score (nSPS) is 14.0. The van der Waals surface area contributed by atoms with E-state index in [0.29, 0.717) is 0 Å². The van der Waals surface area contributed by atoms with Crippen molar-refractivity contribution in [3.05, 3.63) is 0 Å². The highest BCUT2D eigenvalue weighted by atomic mass is 32.2. The number of hydrogen-bond acceptors (Lipinski definition) is 4. The third kappa shape index (κ3) is 6.76. The molecule has 16 heavy (non-hydrogen) atoms. The Hall–Kier alpha value is -0.660. The average Bonchev–Trinajstić information content (AvgIpc) is 2.12. The topological polar surface area (TPSA) is 92.7 Å². The molecule has 1 atom stereocenters. The number of hydrogen-bond donors (Lipinski definition) is 2. The van der Waals surface area contributed by atoms with E-state index in [1.165, 1.54) is 7.11 Å². The fourth-order valence-electron chi connectivity index (χ4n) is 1.14. The van der Waals surface area contributed by atoms with Gasteiger partial charge in [0.2, 0.25) is 10.0 Å². The van der Waals surface area contributed by atoms with E-state index in [1.807, 2.05) is 13.8 Å². The molecule has 0 saturated carbocycles. The minimum Gasteiger partial charge on any atom is -0.480 e. The van der Waals surface area contributed by atoms with Gasteiger partial charge in [-0.1, -0.05) is 13.8 Å². The van der Waals surface area contributed by atoms with Crippen LogP contribution in [0.3, 0.4) is 0 Å². The van der Waals surface area contributed by atoms with Crippen LogP contribution in [-0.4, -0.2) is 45.0 Å². The lowest BCUT2D eigenvalue weighted by atomic mass is 10.1. The summed E-state index contributed by atoms with van der Waals surface area (Å²) in [5.74, 6) is -1.29. The van der Waals surface area contributed by atoms with Crippen molar-refractivity contribution >= 4 is 16.0 Å². The van der Waals surface area contributed by atoms with Gasteiger partial charge >= 0.3 is 5.97 Å². The molecule has 6 nitrogen and oxygen atoms in total. The minimum atomic E-state index is -3.59. The number of carbonyl (C=O) groups is 1. The lowest BCUT2D eigenvalue weighted by molar-refractivity contribution is -0.139. The van der Waals surface area contributed by atoms with Crippen molar-refractivity contribution in [2.24, 2.45) is 5.92 Å². The molecule has 0 aliphatic rings. The highest BCUT2D eigenvalue weighted by Crippen LogP contribution is 2.06. The molecule has 0 fully saturated rings. The summed E-state index contributed by atoms with van der Waals surface area (Å²) in [7, 11) is -2.20. The van der Waals surface area contributed by atoms with Crippen molar-refractivity contribution in [1.82, 2.24) is 4.72 Å². The van der Waals surface area contributed by atoms with Gasteiger partial charge in [-0.2, -0.15) is 0 Å². The van der Waals surface area contributed by atoms with Gasteiger partial charge in [0.25, 0.3) is 0 Å². The number of sulfonamides is 1. The molecule has 0 heterocycles. The quantitative estimate of drug-likeness (QED) is 0.637. The van der Waals surface area contributed by atoms with Gasteiger partial charge < -0.3 is 9.84 Å². The summed E-state index contributed by atoms with van der Waals surface area (Å²) < 4.78 is 29.6. The predicted molar refractivity (Wildman–Crippen MR) is 59.7 cm³/mol. The first-order chi connectivity index (χ1) is 7.28. The highest BCUT2D eigenvalue weighted by molar-refractivity contribution is 7.89. The first kappa shape index (κ1) is 15.3. The number of aliphatic carboxylic acids is 1. The molecule has 0 bridgehead atoms. The standard InChI is InChI=1S/C9H19NO5S/c1-7(2)6-8(9(11)12)10-16(13,14)5-4-15-3/h7-8,10H,4-6H2,1-3H3,(H,11,12)/t8-/m0/s1. The molecule has 96 valence electrons. The largest absolute Gasteiger partial charge is 0.480 e. The summed E-state index contributed by atoms with van der Waals surface area (Å²) in [4.78, 5) is 10.8. The molecule has 2 N–H and O–H groups in total. The number of nitrogens with one attached hydrogen (secondary N) is 1. The third-order valence-corrected chi connectivity index (χ3v) is 3.23. The summed E-state index contributed by atoms with van der Waals surface area (Å²) >= 11 is 0. The van der Waals surface area contributed by atoms with Crippen LogP contribution in [0, 0.1) is 5.92 Å². The maximum Gasteiger partial charge on any atom is 0.321 e. The molecule has 0 saturated heterocycles. The average molecular weight is 253 g/mol. The van der Waals surface area contributed by atoms with Crippen molar-refractivity contribution in [2.45, 2.75) is 26.3 Å². The van der Waals surface area contributed by atoms with Crippen molar-refractivity contribution in [3.8, 4) is 0 Å². The Labute approximate surface area is 96.0 Å². The van der Waals surface area contributed by atoms with Crippen molar-refractivity contribution in [3.63, 3.8) is 0 Å².